The van der Waals surface area contributed by atoms with E-state index in [1.54, 1.807) is 31.1 Å². The number of pyridine rings is 1. The average Bonchev–Trinajstić information content (AvgIpc) is 3.70. The number of carbonyl (C=O) groups is 1. The van der Waals surface area contributed by atoms with Crippen LogP contribution in [0.25, 0.3) is 44.5 Å². The van der Waals surface area contributed by atoms with E-state index >= 15 is 4.39 Å². The molecule has 2 aliphatic rings. The second-order valence-corrected chi connectivity index (χ2v) is 10.9. The number of rotatable bonds is 1. The first-order chi connectivity index (χ1) is 19.4. The van der Waals surface area contributed by atoms with E-state index in [0.717, 1.165) is 53.3 Å². The normalized spacial score (nSPS) is 19.1. The van der Waals surface area contributed by atoms with Gasteiger partial charge in [0.2, 0.25) is 5.95 Å². The maximum absolute atomic E-state index is 15.1. The number of carbonyl (C=O) groups excluding carboxylic acids is 1. The van der Waals surface area contributed by atoms with Crippen LogP contribution in [0.1, 0.15) is 37.3 Å². The Bertz CT molecular complexity index is 1860. The summed E-state index contributed by atoms with van der Waals surface area (Å²) in [5, 5.41) is 4.73. The van der Waals surface area contributed by atoms with Gasteiger partial charge in [0.05, 0.1) is 41.0 Å². The number of halogens is 1. The number of nitrogens with one attached hydrogen (secondary N) is 1. The lowest BCUT2D eigenvalue weighted by Gasteiger charge is -2.28. The highest BCUT2D eigenvalue weighted by Crippen LogP contribution is 2.43. The van der Waals surface area contributed by atoms with Crippen LogP contribution in [-0.2, 0) is 25.3 Å². The molecule has 40 heavy (non-hydrogen) atoms. The molecule has 1 amide bonds. The maximum atomic E-state index is 15.1. The van der Waals surface area contributed by atoms with E-state index < -0.39 is 5.95 Å². The van der Waals surface area contributed by atoms with Crippen LogP contribution in [0.5, 0.6) is 0 Å². The standard InChI is InChI=1S/C29H30FN7O3/c1-34-15-20(26(30)33-34)24-22-17-8-4-6-16(12-17)7-5-11-36(29(39)40-3)18-9-10-19(13-18)37-25-21(35(2)28(37)38)14-31-27(32-24)23(22)25/h4,6,8,12,14-15,18-19H,5,7,9-11,13H2,1-3H3,(H,31,32)/t18-,19-/m1/s1. The predicted molar refractivity (Wildman–Crippen MR) is 149 cm³/mol. The maximum Gasteiger partial charge on any atom is 0.409 e. The van der Waals surface area contributed by atoms with Crippen molar-refractivity contribution < 1.29 is 13.9 Å². The molecule has 2 atom stereocenters. The third-order valence-electron chi connectivity index (χ3n) is 8.60. The van der Waals surface area contributed by atoms with Crippen molar-refractivity contribution in [2.45, 2.75) is 44.2 Å². The summed E-state index contributed by atoms with van der Waals surface area (Å²) < 4.78 is 25.2. The Morgan fingerprint density at radius 3 is 2.80 bits per heavy atom. The molecule has 11 heteroatoms. The van der Waals surface area contributed by atoms with Crippen molar-refractivity contribution in [3.05, 3.63) is 58.7 Å². The molecule has 4 aromatic heterocycles. The minimum Gasteiger partial charge on any atom is -0.453 e. The van der Waals surface area contributed by atoms with Gasteiger partial charge in [0, 0.05) is 44.5 Å². The lowest BCUT2D eigenvalue weighted by Crippen LogP contribution is -2.40. The van der Waals surface area contributed by atoms with Gasteiger partial charge in [-0.3, -0.25) is 13.8 Å². The first-order valence-corrected chi connectivity index (χ1v) is 13.6. The van der Waals surface area contributed by atoms with Crippen LogP contribution in [-0.4, -0.2) is 59.6 Å². The molecule has 1 aliphatic carbocycles. The summed E-state index contributed by atoms with van der Waals surface area (Å²) in [6, 6.07) is 8.02. The Hall–Kier alpha value is -4.41. The van der Waals surface area contributed by atoms with E-state index in [0.29, 0.717) is 35.4 Å². The summed E-state index contributed by atoms with van der Waals surface area (Å²) in [5.41, 5.74) is 5.61. The van der Waals surface area contributed by atoms with Gasteiger partial charge in [-0.15, -0.1) is 5.10 Å². The number of aromatic amines is 1. The summed E-state index contributed by atoms with van der Waals surface area (Å²) in [6.45, 7) is 0.564. The van der Waals surface area contributed by atoms with E-state index in [2.05, 4.69) is 22.2 Å². The van der Waals surface area contributed by atoms with Gasteiger partial charge in [0.15, 0.2) is 0 Å². The van der Waals surface area contributed by atoms with Crippen molar-refractivity contribution in [1.29, 1.82) is 0 Å². The number of hydrogen-bond donors (Lipinski definition) is 1. The highest BCUT2D eigenvalue weighted by molar-refractivity contribution is 6.14. The highest BCUT2D eigenvalue weighted by Gasteiger charge is 2.36. The number of fused-ring (bicyclic) bond motifs is 6. The largest absolute Gasteiger partial charge is 0.453 e. The number of imidazole rings is 1. The van der Waals surface area contributed by atoms with E-state index in [4.69, 9.17) is 9.72 Å². The molecule has 5 heterocycles. The minimum absolute atomic E-state index is 0.0306. The fourth-order valence-electron chi connectivity index (χ4n) is 6.77. The van der Waals surface area contributed by atoms with Crippen molar-refractivity contribution in [3.8, 4) is 22.4 Å². The van der Waals surface area contributed by atoms with E-state index in [9.17, 15) is 9.59 Å². The third-order valence-corrected chi connectivity index (χ3v) is 8.60. The lowest BCUT2D eigenvalue weighted by molar-refractivity contribution is 0.104. The summed E-state index contributed by atoms with van der Waals surface area (Å²) in [7, 11) is 4.86. The molecule has 1 aliphatic heterocycles. The molecule has 0 spiro atoms. The monoisotopic (exact) mass is 543 g/mol. The minimum atomic E-state index is -0.580. The fourth-order valence-corrected chi connectivity index (χ4v) is 6.77. The number of aryl methyl sites for hydroxylation is 3. The third kappa shape index (κ3) is 3.60. The zero-order chi connectivity index (χ0) is 27.7. The van der Waals surface area contributed by atoms with E-state index in [-0.39, 0.29) is 23.9 Å². The summed E-state index contributed by atoms with van der Waals surface area (Å²) in [6.07, 6.45) is 6.72. The predicted octanol–water partition coefficient (Wildman–Crippen LogP) is 4.53. The Balaban J connectivity index is 1.58. The molecular weight excluding hydrogens is 513 g/mol. The molecule has 1 aromatic carbocycles. The second-order valence-electron chi connectivity index (χ2n) is 10.9. The van der Waals surface area contributed by atoms with Crippen LogP contribution in [0.4, 0.5) is 9.18 Å². The first kappa shape index (κ1) is 24.6. The quantitative estimate of drug-likeness (QED) is 0.335. The van der Waals surface area contributed by atoms with Gasteiger partial charge in [0.25, 0.3) is 0 Å². The summed E-state index contributed by atoms with van der Waals surface area (Å²) in [5.74, 6) is -0.580. The van der Waals surface area contributed by atoms with Crippen LogP contribution in [0.2, 0.25) is 0 Å². The SMILES string of the molecule is COC(=O)N1CCCc2cccc(c2)-c2c(-c3cn(C)nc3F)[nH]c3ncc4c(c23)n(c(=O)n4C)[C@@H]2CC[C@@H]1C2. The van der Waals surface area contributed by atoms with E-state index in [1.165, 1.54) is 11.8 Å². The molecule has 5 aromatic rings. The number of hydrogen-bond acceptors (Lipinski definition) is 5. The van der Waals surface area contributed by atoms with Crippen molar-refractivity contribution in [3.63, 3.8) is 0 Å². The molecule has 0 saturated heterocycles. The van der Waals surface area contributed by atoms with Gasteiger partial charge in [-0.1, -0.05) is 24.3 Å². The Labute approximate surface area is 229 Å². The number of aromatic nitrogens is 6. The number of ether oxygens (including phenoxy) is 1. The Kier molecular flexibility index (Phi) is 5.58. The van der Waals surface area contributed by atoms with Crippen LogP contribution in [0.15, 0.2) is 41.5 Å². The molecule has 1 saturated carbocycles. The molecule has 206 valence electrons. The van der Waals surface area contributed by atoms with Crippen molar-refractivity contribution >= 4 is 28.2 Å². The lowest BCUT2D eigenvalue weighted by atomic mass is 9.96. The van der Waals surface area contributed by atoms with Crippen LogP contribution in [0, 0.1) is 5.95 Å². The molecule has 1 N–H and O–H groups in total. The zero-order valence-corrected chi connectivity index (χ0v) is 22.6. The molecule has 0 radical (unpaired) electrons. The highest BCUT2D eigenvalue weighted by atomic mass is 19.1. The van der Waals surface area contributed by atoms with Gasteiger partial charge in [-0.05, 0) is 43.2 Å². The van der Waals surface area contributed by atoms with Crippen molar-refractivity contribution in [2.75, 3.05) is 13.7 Å². The molecule has 7 rings (SSSR count). The van der Waals surface area contributed by atoms with Gasteiger partial charge < -0.3 is 14.6 Å². The Morgan fingerprint density at radius 2 is 2.02 bits per heavy atom. The zero-order valence-electron chi connectivity index (χ0n) is 22.6. The van der Waals surface area contributed by atoms with Gasteiger partial charge in [-0.2, -0.15) is 4.39 Å². The van der Waals surface area contributed by atoms with Gasteiger partial charge in [0.1, 0.15) is 5.65 Å². The number of nitrogens with zero attached hydrogens (tertiary/aromatic N) is 6. The summed E-state index contributed by atoms with van der Waals surface area (Å²) in [4.78, 5) is 36.5. The number of benzene rings is 1. The number of H-pyrrole nitrogens is 1. The first-order valence-electron chi connectivity index (χ1n) is 13.6. The number of methoxy groups -OCH3 is 1. The molecular formula is C29H30FN7O3. The molecule has 1 fully saturated rings. The second kappa shape index (κ2) is 9.07. The topological polar surface area (TPSA) is 103 Å². The van der Waals surface area contributed by atoms with Gasteiger partial charge in [-0.25, -0.2) is 14.6 Å². The molecule has 10 nitrogen and oxygen atoms in total. The van der Waals surface area contributed by atoms with Crippen LogP contribution < -0.4 is 5.69 Å². The fraction of sp³-hybridized carbons (Fsp3) is 0.379. The molecule has 0 unspecified atom stereocenters. The smallest absolute Gasteiger partial charge is 0.409 e. The van der Waals surface area contributed by atoms with Crippen molar-refractivity contribution in [1.82, 2.24) is 33.8 Å². The summed E-state index contributed by atoms with van der Waals surface area (Å²) >= 11 is 0. The van der Waals surface area contributed by atoms with Crippen molar-refractivity contribution in [2.24, 2.45) is 14.1 Å². The van der Waals surface area contributed by atoms with Crippen LogP contribution in [0.3, 0.4) is 0 Å². The average molecular weight is 544 g/mol. The van der Waals surface area contributed by atoms with E-state index in [1.807, 2.05) is 21.6 Å². The van der Waals surface area contributed by atoms with Crippen LogP contribution >= 0.6 is 0 Å². The number of amides is 1. The van der Waals surface area contributed by atoms with Gasteiger partial charge >= 0.3 is 11.8 Å². The molecule has 4 bridgehead atoms. The Morgan fingerprint density at radius 1 is 1.20 bits per heavy atom.